The highest BCUT2D eigenvalue weighted by molar-refractivity contribution is 5.97. The van der Waals surface area contributed by atoms with Crippen LogP contribution in [-0.2, 0) is 9.63 Å². The molecule has 1 aromatic rings. The van der Waals surface area contributed by atoms with Gasteiger partial charge in [-0.1, -0.05) is 18.2 Å². The van der Waals surface area contributed by atoms with E-state index in [1.807, 2.05) is 26.8 Å². The fraction of sp³-hybridized carbons (Fsp3) is 0.429. The number of carbonyl (C=O) groups excluding carboxylic acids is 2. The quantitative estimate of drug-likeness (QED) is 0.813. The summed E-state index contributed by atoms with van der Waals surface area (Å²) in [4.78, 5) is 28.7. The molecule has 0 saturated carbocycles. The number of hydrogen-bond acceptors (Lipinski definition) is 3. The first kappa shape index (κ1) is 15.2. The minimum Gasteiger partial charge on any atom is -0.340 e. The van der Waals surface area contributed by atoms with Crippen molar-refractivity contribution in [1.82, 2.24) is 10.8 Å². The SMILES string of the molecule is CC(NC(=O)c1ccccc1)C(=O)NOC(C)(C)C. The predicted octanol–water partition coefficient (Wildman–Crippen LogP) is 1.65. The summed E-state index contributed by atoms with van der Waals surface area (Å²) >= 11 is 0. The Bertz CT molecular complexity index is 438. The molecule has 1 aromatic carbocycles. The number of hydroxylamine groups is 1. The Labute approximate surface area is 113 Å². The lowest BCUT2D eigenvalue weighted by Gasteiger charge is -2.21. The first-order valence-electron chi connectivity index (χ1n) is 6.13. The first-order chi connectivity index (χ1) is 8.79. The van der Waals surface area contributed by atoms with Crippen molar-refractivity contribution in [3.63, 3.8) is 0 Å². The van der Waals surface area contributed by atoms with Gasteiger partial charge < -0.3 is 5.32 Å². The van der Waals surface area contributed by atoms with E-state index in [4.69, 9.17) is 4.84 Å². The maximum absolute atomic E-state index is 11.8. The second-order valence-corrected chi connectivity index (χ2v) is 5.24. The van der Waals surface area contributed by atoms with E-state index >= 15 is 0 Å². The Hall–Kier alpha value is -1.88. The van der Waals surface area contributed by atoms with Gasteiger partial charge in [-0.2, -0.15) is 0 Å². The van der Waals surface area contributed by atoms with Crippen molar-refractivity contribution in [2.75, 3.05) is 0 Å². The van der Waals surface area contributed by atoms with Gasteiger partial charge in [-0.05, 0) is 39.8 Å². The third-order valence-corrected chi connectivity index (χ3v) is 2.23. The molecule has 0 fully saturated rings. The monoisotopic (exact) mass is 264 g/mol. The van der Waals surface area contributed by atoms with Gasteiger partial charge in [0, 0.05) is 5.56 Å². The minimum atomic E-state index is -0.671. The van der Waals surface area contributed by atoms with E-state index in [-0.39, 0.29) is 11.8 Å². The minimum absolute atomic E-state index is 0.293. The van der Waals surface area contributed by atoms with Gasteiger partial charge in [0.25, 0.3) is 11.8 Å². The van der Waals surface area contributed by atoms with E-state index < -0.39 is 11.6 Å². The highest BCUT2D eigenvalue weighted by Crippen LogP contribution is 2.04. The summed E-state index contributed by atoms with van der Waals surface area (Å²) in [5.41, 5.74) is 2.37. The van der Waals surface area contributed by atoms with Crippen molar-refractivity contribution in [2.24, 2.45) is 0 Å². The van der Waals surface area contributed by atoms with Crippen LogP contribution in [0, 0.1) is 0 Å². The van der Waals surface area contributed by atoms with Crippen LogP contribution in [0.5, 0.6) is 0 Å². The fourth-order valence-electron chi connectivity index (χ4n) is 1.23. The molecular formula is C14H20N2O3. The van der Waals surface area contributed by atoms with Crippen molar-refractivity contribution in [2.45, 2.75) is 39.3 Å². The molecule has 0 radical (unpaired) electrons. The largest absolute Gasteiger partial charge is 0.340 e. The van der Waals surface area contributed by atoms with Gasteiger partial charge in [0.15, 0.2) is 0 Å². The summed E-state index contributed by atoms with van der Waals surface area (Å²) in [5.74, 6) is -0.682. The number of carbonyl (C=O) groups is 2. The van der Waals surface area contributed by atoms with E-state index in [2.05, 4.69) is 10.8 Å². The molecule has 0 aliphatic heterocycles. The molecule has 2 amide bonds. The molecular weight excluding hydrogens is 244 g/mol. The van der Waals surface area contributed by atoms with E-state index in [0.29, 0.717) is 5.56 Å². The highest BCUT2D eigenvalue weighted by atomic mass is 16.7. The summed E-state index contributed by atoms with van der Waals surface area (Å²) < 4.78 is 0. The molecule has 5 heteroatoms. The zero-order chi connectivity index (χ0) is 14.5. The number of rotatable bonds is 4. The molecule has 19 heavy (non-hydrogen) atoms. The normalized spacial score (nSPS) is 12.6. The van der Waals surface area contributed by atoms with Crippen LogP contribution in [0.3, 0.4) is 0 Å². The number of amides is 2. The summed E-state index contributed by atoms with van der Waals surface area (Å²) in [6, 6.07) is 8.06. The van der Waals surface area contributed by atoms with Crippen LogP contribution < -0.4 is 10.8 Å². The smallest absolute Gasteiger partial charge is 0.265 e. The molecule has 0 aromatic heterocycles. The van der Waals surface area contributed by atoms with E-state index in [0.717, 1.165) is 0 Å². The fourth-order valence-corrected chi connectivity index (χ4v) is 1.23. The lowest BCUT2D eigenvalue weighted by atomic mass is 10.2. The molecule has 104 valence electrons. The molecule has 1 unspecified atom stereocenters. The Kier molecular flexibility index (Phi) is 5.06. The molecule has 0 heterocycles. The first-order valence-corrected chi connectivity index (χ1v) is 6.13. The number of hydrogen-bond donors (Lipinski definition) is 2. The van der Waals surface area contributed by atoms with Crippen molar-refractivity contribution >= 4 is 11.8 Å². The highest BCUT2D eigenvalue weighted by Gasteiger charge is 2.19. The number of nitrogens with one attached hydrogen (secondary N) is 2. The van der Waals surface area contributed by atoms with Crippen LogP contribution in [0.15, 0.2) is 30.3 Å². The van der Waals surface area contributed by atoms with E-state index in [1.165, 1.54) is 0 Å². The zero-order valence-electron chi connectivity index (χ0n) is 11.7. The molecule has 5 nitrogen and oxygen atoms in total. The average molecular weight is 264 g/mol. The third kappa shape index (κ3) is 5.52. The van der Waals surface area contributed by atoms with Crippen LogP contribution in [0.25, 0.3) is 0 Å². The molecule has 0 aliphatic carbocycles. The summed E-state index contributed by atoms with van der Waals surface area (Å²) in [6.45, 7) is 7.06. The lowest BCUT2D eigenvalue weighted by Crippen LogP contribution is -2.46. The van der Waals surface area contributed by atoms with Gasteiger partial charge in [-0.15, -0.1) is 0 Å². The Morgan fingerprint density at radius 2 is 1.74 bits per heavy atom. The molecule has 0 saturated heterocycles. The summed E-state index contributed by atoms with van der Waals surface area (Å²) in [5, 5.41) is 2.60. The van der Waals surface area contributed by atoms with Crippen molar-refractivity contribution in [1.29, 1.82) is 0 Å². The second kappa shape index (κ2) is 6.33. The van der Waals surface area contributed by atoms with E-state index in [1.54, 1.807) is 31.2 Å². The van der Waals surface area contributed by atoms with Gasteiger partial charge in [-0.3, -0.25) is 14.4 Å². The van der Waals surface area contributed by atoms with Crippen molar-refractivity contribution in [3.05, 3.63) is 35.9 Å². The molecule has 0 bridgehead atoms. The zero-order valence-corrected chi connectivity index (χ0v) is 11.7. The van der Waals surface area contributed by atoms with E-state index in [9.17, 15) is 9.59 Å². The van der Waals surface area contributed by atoms with Crippen molar-refractivity contribution < 1.29 is 14.4 Å². The van der Waals surface area contributed by atoms with Crippen LogP contribution in [0.4, 0.5) is 0 Å². The Morgan fingerprint density at radius 1 is 1.16 bits per heavy atom. The molecule has 0 spiro atoms. The Balaban J connectivity index is 2.48. The van der Waals surface area contributed by atoms with Crippen LogP contribution in [0.1, 0.15) is 38.1 Å². The van der Waals surface area contributed by atoms with Gasteiger partial charge in [-0.25, -0.2) is 5.48 Å². The predicted molar refractivity (Wildman–Crippen MR) is 72.4 cm³/mol. The Morgan fingerprint density at radius 3 is 2.26 bits per heavy atom. The van der Waals surface area contributed by atoms with Crippen LogP contribution in [-0.4, -0.2) is 23.5 Å². The topological polar surface area (TPSA) is 67.4 Å². The maximum Gasteiger partial charge on any atom is 0.265 e. The molecule has 1 atom stereocenters. The third-order valence-electron chi connectivity index (χ3n) is 2.23. The summed E-state index contributed by atoms with van der Waals surface area (Å²) in [6.07, 6.45) is 0. The maximum atomic E-state index is 11.8. The standard InChI is InChI=1S/C14H20N2O3/c1-10(12(17)16-19-14(2,3)4)15-13(18)11-8-6-5-7-9-11/h5-10H,1-4H3,(H,15,18)(H,16,17). The van der Waals surface area contributed by atoms with Crippen molar-refractivity contribution in [3.8, 4) is 0 Å². The average Bonchev–Trinajstić information content (AvgIpc) is 2.36. The molecule has 0 aliphatic rings. The van der Waals surface area contributed by atoms with Crippen LogP contribution in [0.2, 0.25) is 0 Å². The van der Waals surface area contributed by atoms with Gasteiger partial charge in [0.2, 0.25) is 0 Å². The van der Waals surface area contributed by atoms with Gasteiger partial charge >= 0.3 is 0 Å². The second-order valence-electron chi connectivity index (χ2n) is 5.24. The molecule has 1 rings (SSSR count). The lowest BCUT2D eigenvalue weighted by molar-refractivity contribution is -0.147. The number of benzene rings is 1. The summed E-state index contributed by atoms with van der Waals surface area (Å²) in [7, 11) is 0. The van der Waals surface area contributed by atoms with Crippen LogP contribution >= 0.6 is 0 Å². The van der Waals surface area contributed by atoms with Gasteiger partial charge in [0.1, 0.15) is 6.04 Å². The molecule has 2 N–H and O–H groups in total. The van der Waals surface area contributed by atoms with Gasteiger partial charge in [0.05, 0.1) is 5.60 Å².